The van der Waals surface area contributed by atoms with Crippen molar-refractivity contribution in [2.45, 2.75) is 87.6 Å². The van der Waals surface area contributed by atoms with Crippen molar-refractivity contribution in [3.05, 3.63) is 48.5 Å². The molecular weight excluding hydrogens is 441 g/mol. The molecule has 0 aliphatic rings. The average molecular weight is 479 g/mol. The third-order valence-electron chi connectivity index (χ3n) is 6.24. The highest BCUT2D eigenvalue weighted by Crippen LogP contribution is 2.41. The molecule has 0 fully saturated rings. The van der Waals surface area contributed by atoms with E-state index in [1.807, 2.05) is 0 Å². The Labute approximate surface area is 194 Å². The van der Waals surface area contributed by atoms with Crippen molar-refractivity contribution >= 4 is 38.2 Å². The van der Waals surface area contributed by atoms with Gasteiger partial charge in [-0.25, -0.2) is 0 Å². The molecule has 30 heavy (non-hydrogen) atoms. The van der Waals surface area contributed by atoms with E-state index in [0.29, 0.717) is 0 Å². The van der Waals surface area contributed by atoms with Gasteiger partial charge in [0.2, 0.25) is 16.6 Å². The molecule has 0 aliphatic carbocycles. The van der Waals surface area contributed by atoms with Crippen LogP contribution < -0.4 is 8.85 Å². The van der Waals surface area contributed by atoms with Crippen LogP contribution in [0.1, 0.15) is 41.5 Å². The van der Waals surface area contributed by atoms with Crippen molar-refractivity contribution in [3.8, 4) is 11.5 Å². The molecule has 6 heteroatoms. The van der Waals surface area contributed by atoms with Gasteiger partial charge in [-0.3, -0.25) is 0 Å². The Morgan fingerprint density at radius 1 is 0.533 bits per heavy atom. The predicted molar refractivity (Wildman–Crippen MR) is 140 cm³/mol. The lowest BCUT2D eigenvalue weighted by atomic mass is 10.2. The standard InChI is InChI=1S/C24H38O2S2Si2/c1-23(2,3)29(7,8)25-19-11-15-21(16-12-19)27-28-22-17-13-20(14-18-22)26-30(9,10)24(4,5)6/h11-18H,1-10H3. The van der Waals surface area contributed by atoms with Crippen LogP contribution in [0.25, 0.3) is 0 Å². The highest BCUT2D eigenvalue weighted by Gasteiger charge is 2.39. The van der Waals surface area contributed by atoms with Crippen LogP contribution in [0, 0.1) is 0 Å². The van der Waals surface area contributed by atoms with E-state index >= 15 is 0 Å². The molecule has 0 heterocycles. The summed E-state index contributed by atoms with van der Waals surface area (Å²) in [5, 5.41) is 0.410. The summed E-state index contributed by atoms with van der Waals surface area (Å²) in [7, 11) is -0.0412. The van der Waals surface area contributed by atoms with Gasteiger partial charge in [0.1, 0.15) is 11.5 Å². The quantitative estimate of drug-likeness (QED) is 0.291. The zero-order valence-electron chi connectivity index (χ0n) is 20.3. The molecule has 0 bridgehead atoms. The maximum Gasteiger partial charge on any atom is 0.250 e. The summed E-state index contributed by atoms with van der Waals surface area (Å²) in [5.74, 6) is 1.95. The van der Waals surface area contributed by atoms with Crippen LogP contribution in [0.2, 0.25) is 36.3 Å². The lowest BCUT2D eigenvalue weighted by Gasteiger charge is -2.36. The second kappa shape index (κ2) is 9.35. The molecule has 0 amide bonds. The second-order valence-corrected chi connectivity index (χ2v) is 22.6. The maximum absolute atomic E-state index is 6.37. The fourth-order valence-corrected chi connectivity index (χ4v) is 6.11. The third kappa shape index (κ3) is 6.84. The van der Waals surface area contributed by atoms with Gasteiger partial charge in [0.05, 0.1) is 0 Å². The molecule has 0 aromatic heterocycles. The van der Waals surface area contributed by atoms with Crippen LogP contribution in [0.3, 0.4) is 0 Å². The lowest BCUT2D eigenvalue weighted by molar-refractivity contribution is 0.491. The first kappa shape index (κ1) is 25.4. The SMILES string of the molecule is CC(C)(C)[Si](C)(C)Oc1ccc(SSc2ccc(O[Si](C)(C)C(C)(C)C)cc2)cc1. The van der Waals surface area contributed by atoms with E-state index in [1.54, 1.807) is 21.6 Å². The Morgan fingerprint density at radius 3 is 1.03 bits per heavy atom. The zero-order chi connectivity index (χ0) is 22.8. The Balaban J connectivity index is 1.93. The van der Waals surface area contributed by atoms with E-state index in [-0.39, 0.29) is 10.1 Å². The van der Waals surface area contributed by atoms with E-state index in [1.165, 1.54) is 9.79 Å². The van der Waals surface area contributed by atoms with Crippen LogP contribution >= 0.6 is 21.6 Å². The van der Waals surface area contributed by atoms with Gasteiger partial charge in [0.25, 0.3) is 0 Å². The molecule has 0 spiro atoms. The largest absolute Gasteiger partial charge is 0.544 e. The van der Waals surface area contributed by atoms with Crippen molar-refractivity contribution in [1.82, 2.24) is 0 Å². The van der Waals surface area contributed by atoms with Gasteiger partial charge in [-0.15, -0.1) is 0 Å². The summed E-state index contributed by atoms with van der Waals surface area (Å²) in [6.07, 6.45) is 0. The summed E-state index contributed by atoms with van der Waals surface area (Å²) < 4.78 is 12.7. The first-order chi connectivity index (χ1) is 13.6. The topological polar surface area (TPSA) is 18.5 Å². The minimum absolute atomic E-state index is 0.205. The predicted octanol–water partition coefficient (Wildman–Crippen LogP) is 9.25. The van der Waals surface area contributed by atoms with Crippen molar-refractivity contribution in [2.24, 2.45) is 0 Å². The summed E-state index contributed by atoms with van der Waals surface area (Å²) in [6.45, 7) is 22.7. The summed E-state index contributed by atoms with van der Waals surface area (Å²) in [6, 6.07) is 17.0. The van der Waals surface area contributed by atoms with Gasteiger partial charge in [-0.05, 0) is 84.8 Å². The molecule has 0 aliphatic heterocycles. The molecule has 2 rings (SSSR count). The monoisotopic (exact) mass is 478 g/mol. The molecule has 0 unspecified atom stereocenters. The van der Waals surface area contributed by atoms with Gasteiger partial charge in [0, 0.05) is 9.79 Å². The van der Waals surface area contributed by atoms with Crippen LogP contribution in [-0.4, -0.2) is 16.6 Å². The van der Waals surface area contributed by atoms with E-state index in [0.717, 1.165) is 11.5 Å². The first-order valence-electron chi connectivity index (χ1n) is 10.5. The molecule has 0 radical (unpaired) electrons. The van der Waals surface area contributed by atoms with Crippen LogP contribution in [0.4, 0.5) is 0 Å². The van der Waals surface area contributed by atoms with Gasteiger partial charge in [-0.2, -0.15) is 0 Å². The molecular formula is C24H38O2S2Si2. The molecule has 0 atom stereocenters. The molecule has 2 nitrogen and oxygen atoms in total. The number of benzene rings is 2. The van der Waals surface area contributed by atoms with E-state index in [2.05, 4.69) is 116 Å². The Morgan fingerprint density at radius 2 is 0.800 bits per heavy atom. The van der Waals surface area contributed by atoms with Crippen LogP contribution in [-0.2, 0) is 0 Å². The van der Waals surface area contributed by atoms with Crippen molar-refractivity contribution < 1.29 is 8.85 Å². The number of rotatable bonds is 7. The molecule has 0 saturated carbocycles. The average Bonchev–Trinajstić information content (AvgIpc) is 2.60. The van der Waals surface area contributed by atoms with Gasteiger partial charge in [0.15, 0.2) is 0 Å². The minimum atomic E-state index is -1.79. The molecule has 2 aromatic rings. The third-order valence-corrected chi connectivity index (χ3v) is 17.4. The Kier molecular flexibility index (Phi) is 7.93. The summed E-state index contributed by atoms with van der Waals surface area (Å²) in [5.41, 5.74) is 0. The Hall–Kier alpha value is -0.826. The van der Waals surface area contributed by atoms with E-state index in [9.17, 15) is 0 Å². The van der Waals surface area contributed by atoms with Crippen LogP contribution in [0.15, 0.2) is 58.3 Å². The van der Waals surface area contributed by atoms with Crippen molar-refractivity contribution in [3.63, 3.8) is 0 Å². The van der Waals surface area contributed by atoms with Gasteiger partial charge < -0.3 is 8.85 Å². The summed E-state index contributed by atoms with van der Waals surface area (Å²) in [4.78, 5) is 2.45. The number of hydrogen-bond donors (Lipinski definition) is 0. The Bertz CT molecular complexity index is 747. The smallest absolute Gasteiger partial charge is 0.250 e. The van der Waals surface area contributed by atoms with Crippen molar-refractivity contribution in [1.29, 1.82) is 0 Å². The molecule has 0 N–H and O–H groups in total. The van der Waals surface area contributed by atoms with E-state index < -0.39 is 16.6 Å². The fraction of sp³-hybridized carbons (Fsp3) is 0.500. The summed E-state index contributed by atoms with van der Waals surface area (Å²) >= 11 is 0. The number of hydrogen-bond acceptors (Lipinski definition) is 4. The zero-order valence-corrected chi connectivity index (χ0v) is 23.9. The molecule has 166 valence electrons. The normalized spacial score (nSPS) is 13.3. The molecule has 0 saturated heterocycles. The van der Waals surface area contributed by atoms with Gasteiger partial charge in [-0.1, -0.05) is 63.1 Å². The maximum atomic E-state index is 6.37. The second-order valence-electron chi connectivity index (χ2n) is 10.8. The molecule has 2 aromatic carbocycles. The highest BCUT2D eigenvalue weighted by molar-refractivity contribution is 8.76. The fourth-order valence-electron chi connectivity index (χ4n) is 2.12. The van der Waals surface area contributed by atoms with Gasteiger partial charge >= 0.3 is 0 Å². The van der Waals surface area contributed by atoms with Crippen LogP contribution in [0.5, 0.6) is 11.5 Å². The van der Waals surface area contributed by atoms with Crippen molar-refractivity contribution in [2.75, 3.05) is 0 Å². The minimum Gasteiger partial charge on any atom is -0.544 e. The highest BCUT2D eigenvalue weighted by atomic mass is 33.1. The lowest BCUT2D eigenvalue weighted by Crippen LogP contribution is -2.43. The van der Waals surface area contributed by atoms with E-state index in [4.69, 9.17) is 8.85 Å². The first-order valence-corrected chi connectivity index (χ1v) is 18.5.